The molecule has 0 bridgehead atoms. The molecule has 0 spiro atoms. The largest absolute Gasteiger partial charge is 0.337 e. The average molecular weight is 483 g/mol. The molecule has 1 aliphatic heterocycles. The lowest BCUT2D eigenvalue weighted by molar-refractivity contribution is 0.0761. The highest BCUT2D eigenvalue weighted by Gasteiger charge is 2.20. The van der Waals surface area contributed by atoms with E-state index in [9.17, 15) is 4.79 Å². The second-order valence-electron chi connectivity index (χ2n) is 8.84. The van der Waals surface area contributed by atoms with Crippen molar-refractivity contribution < 1.29 is 4.79 Å². The molecule has 6 heteroatoms. The molecular weight excluding hydrogens is 452 g/mol. The highest BCUT2D eigenvalue weighted by atomic mass is 32.2. The van der Waals surface area contributed by atoms with Gasteiger partial charge in [-0.1, -0.05) is 48.5 Å². The lowest BCUT2D eigenvalue weighted by Gasteiger charge is -2.22. The molecule has 0 unspecified atom stereocenters. The predicted molar refractivity (Wildman–Crippen MR) is 145 cm³/mol. The van der Waals surface area contributed by atoms with Gasteiger partial charge in [0.15, 0.2) is 0 Å². The number of aromatic nitrogens is 1. The molecule has 0 atom stereocenters. The molecule has 1 saturated heterocycles. The van der Waals surface area contributed by atoms with Gasteiger partial charge in [-0.2, -0.15) is 0 Å². The number of hydrogen-bond acceptors (Lipinski definition) is 5. The van der Waals surface area contributed by atoms with E-state index in [-0.39, 0.29) is 5.91 Å². The number of amides is 1. The monoisotopic (exact) mass is 482 g/mol. The third-order valence-corrected chi connectivity index (χ3v) is 7.33. The Kier molecular flexibility index (Phi) is 7.61. The molecule has 5 nitrogen and oxygen atoms in total. The summed E-state index contributed by atoms with van der Waals surface area (Å²) >= 11 is 1.54. The van der Waals surface area contributed by atoms with Crippen LogP contribution in [-0.2, 0) is 6.42 Å². The summed E-state index contributed by atoms with van der Waals surface area (Å²) in [6, 6.07) is 28.6. The summed E-state index contributed by atoms with van der Waals surface area (Å²) in [4.78, 5) is 23.2. The molecule has 35 heavy (non-hydrogen) atoms. The molecule has 1 aromatic heterocycles. The van der Waals surface area contributed by atoms with Gasteiger partial charge in [-0.25, -0.2) is 0 Å². The fourth-order valence-corrected chi connectivity index (χ4v) is 5.24. The SMILES string of the molecule is O=C(c1ccc(NSc2cccc3cccnc23)cc1)N1CCCN(CCc2ccccc2)CC1. The van der Waals surface area contributed by atoms with Crippen LogP contribution in [-0.4, -0.2) is 53.4 Å². The Morgan fingerprint density at radius 1 is 0.857 bits per heavy atom. The summed E-state index contributed by atoms with van der Waals surface area (Å²) in [5.74, 6) is 0.118. The molecule has 2 heterocycles. The smallest absolute Gasteiger partial charge is 0.253 e. The zero-order valence-corrected chi connectivity index (χ0v) is 20.6. The first-order valence-electron chi connectivity index (χ1n) is 12.2. The minimum atomic E-state index is 0.118. The van der Waals surface area contributed by atoms with Crippen LogP contribution in [0.1, 0.15) is 22.3 Å². The summed E-state index contributed by atoms with van der Waals surface area (Å²) in [7, 11) is 0. The summed E-state index contributed by atoms with van der Waals surface area (Å²) in [5.41, 5.74) is 4.05. The van der Waals surface area contributed by atoms with Gasteiger partial charge in [-0.3, -0.25) is 9.78 Å². The maximum absolute atomic E-state index is 13.1. The van der Waals surface area contributed by atoms with E-state index < -0.39 is 0 Å². The molecule has 5 rings (SSSR count). The molecule has 1 N–H and O–H groups in total. The number of anilines is 1. The van der Waals surface area contributed by atoms with Crippen LogP contribution in [0.15, 0.2) is 96.0 Å². The molecule has 3 aromatic carbocycles. The van der Waals surface area contributed by atoms with Crippen molar-refractivity contribution >= 4 is 34.4 Å². The Hall–Kier alpha value is -3.35. The van der Waals surface area contributed by atoms with Crippen molar-refractivity contribution in [3.05, 3.63) is 102 Å². The van der Waals surface area contributed by atoms with Gasteiger partial charge in [0.2, 0.25) is 0 Å². The van der Waals surface area contributed by atoms with Gasteiger partial charge < -0.3 is 14.5 Å². The van der Waals surface area contributed by atoms with Crippen molar-refractivity contribution in [1.29, 1.82) is 0 Å². The number of pyridine rings is 1. The van der Waals surface area contributed by atoms with Gasteiger partial charge in [0.05, 0.1) is 10.4 Å². The molecule has 178 valence electrons. The van der Waals surface area contributed by atoms with Crippen LogP contribution >= 0.6 is 11.9 Å². The molecule has 1 aliphatic rings. The number of nitrogens with one attached hydrogen (secondary N) is 1. The number of carbonyl (C=O) groups is 1. The van der Waals surface area contributed by atoms with Gasteiger partial charge in [-0.15, -0.1) is 0 Å². The lowest BCUT2D eigenvalue weighted by atomic mass is 10.1. The van der Waals surface area contributed by atoms with Crippen molar-refractivity contribution in [3.63, 3.8) is 0 Å². The van der Waals surface area contributed by atoms with Crippen molar-refractivity contribution in [1.82, 2.24) is 14.8 Å². The van der Waals surface area contributed by atoms with E-state index in [0.717, 1.165) is 72.6 Å². The van der Waals surface area contributed by atoms with E-state index in [1.54, 1.807) is 0 Å². The van der Waals surface area contributed by atoms with E-state index in [1.165, 1.54) is 17.5 Å². The van der Waals surface area contributed by atoms with Crippen molar-refractivity contribution in [2.24, 2.45) is 0 Å². The van der Waals surface area contributed by atoms with E-state index >= 15 is 0 Å². The molecule has 0 radical (unpaired) electrons. The fraction of sp³-hybridized carbons (Fsp3) is 0.241. The number of carbonyl (C=O) groups excluding carboxylic acids is 1. The maximum Gasteiger partial charge on any atom is 0.253 e. The predicted octanol–water partition coefficient (Wildman–Crippen LogP) is 5.74. The Balaban J connectivity index is 1.14. The minimum Gasteiger partial charge on any atom is -0.337 e. The zero-order valence-electron chi connectivity index (χ0n) is 19.8. The maximum atomic E-state index is 13.1. The lowest BCUT2D eigenvalue weighted by Crippen LogP contribution is -2.35. The van der Waals surface area contributed by atoms with Crippen LogP contribution < -0.4 is 4.72 Å². The quantitative estimate of drug-likeness (QED) is 0.340. The minimum absolute atomic E-state index is 0.118. The summed E-state index contributed by atoms with van der Waals surface area (Å²) in [6.07, 6.45) is 3.88. The van der Waals surface area contributed by atoms with Crippen LogP contribution in [0.5, 0.6) is 0 Å². The number of rotatable bonds is 7. The van der Waals surface area contributed by atoms with Crippen molar-refractivity contribution in [3.8, 4) is 0 Å². The Labute approximate surface area is 211 Å². The zero-order chi connectivity index (χ0) is 23.9. The molecule has 0 aliphatic carbocycles. The number of nitrogens with zero attached hydrogens (tertiary/aromatic N) is 3. The third-order valence-electron chi connectivity index (χ3n) is 6.44. The Bertz CT molecular complexity index is 1260. The summed E-state index contributed by atoms with van der Waals surface area (Å²) in [5, 5.41) is 1.12. The standard InChI is InChI=1S/C29H30N4OS/c34-29(33-19-6-18-32(21-22-33)20-16-23-7-2-1-3-8-23)25-12-14-26(15-13-25)31-35-27-11-4-9-24-10-5-17-30-28(24)27/h1-5,7-15,17,31H,6,16,18-22H2. The van der Waals surface area contributed by atoms with E-state index in [4.69, 9.17) is 0 Å². The Morgan fingerprint density at radius 3 is 2.54 bits per heavy atom. The number of hydrogen-bond donors (Lipinski definition) is 1. The molecule has 1 fully saturated rings. The highest BCUT2D eigenvalue weighted by molar-refractivity contribution is 8.00. The first-order chi connectivity index (χ1) is 17.3. The van der Waals surface area contributed by atoms with E-state index in [0.29, 0.717) is 0 Å². The second-order valence-corrected chi connectivity index (χ2v) is 9.68. The summed E-state index contributed by atoms with van der Waals surface area (Å²) < 4.78 is 3.39. The van der Waals surface area contributed by atoms with E-state index in [2.05, 4.69) is 63.1 Å². The van der Waals surface area contributed by atoms with Crippen LogP contribution in [0.25, 0.3) is 10.9 Å². The molecule has 1 amide bonds. The van der Waals surface area contributed by atoms with Crippen LogP contribution in [0.4, 0.5) is 5.69 Å². The van der Waals surface area contributed by atoms with Gasteiger partial charge in [0.1, 0.15) is 0 Å². The van der Waals surface area contributed by atoms with Crippen LogP contribution in [0.3, 0.4) is 0 Å². The number of benzene rings is 3. The topological polar surface area (TPSA) is 48.5 Å². The number of fused-ring (bicyclic) bond motifs is 1. The van der Waals surface area contributed by atoms with Gasteiger partial charge in [0, 0.05) is 49.0 Å². The van der Waals surface area contributed by atoms with Gasteiger partial charge in [-0.05, 0) is 73.3 Å². The average Bonchev–Trinajstić information content (AvgIpc) is 3.17. The summed E-state index contributed by atoms with van der Waals surface area (Å²) in [6.45, 7) is 4.59. The number of para-hydroxylation sites is 1. The van der Waals surface area contributed by atoms with Crippen molar-refractivity contribution in [2.45, 2.75) is 17.7 Å². The van der Waals surface area contributed by atoms with Gasteiger partial charge >= 0.3 is 0 Å². The first kappa shape index (κ1) is 23.4. The highest BCUT2D eigenvalue weighted by Crippen LogP contribution is 2.27. The fourth-order valence-electron chi connectivity index (χ4n) is 4.47. The molecule has 0 saturated carbocycles. The van der Waals surface area contributed by atoms with Crippen LogP contribution in [0.2, 0.25) is 0 Å². The van der Waals surface area contributed by atoms with Crippen LogP contribution in [0, 0.1) is 0 Å². The third kappa shape index (κ3) is 6.02. The second kappa shape index (κ2) is 11.4. The van der Waals surface area contributed by atoms with E-state index in [1.807, 2.05) is 47.5 Å². The Morgan fingerprint density at radius 2 is 1.69 bits per heavy atom. The normalized spacial score (nSPS) is 14.6. The molecule has 4 aromatic rings. The first-order valence-corrected chi connectivity index (χ1v) is 13.0. The molecular formula is C29H30N4OS. The van der Waals surface area contributed by atoms with Crippen molar-refractivity contribution in [2.75, 3.05) is 37.4 Å². The van der Waals surface area contributed by atoms with Gasteiger partial charge in [0.25, 0.3) is 5.91 Å².